The number of rotatable bonds is 2. The second-order valence-electron chi connectivity index (χ2n) is 3.54. The van der Waals surface area contributed by atoms with Crippen LogP contribution in [0, 0.1) is 0 Å². The number of benzene rings is 2. The summed E-state index contributed by atoms with van der Waals surface area (Å²) in [5.74, 6) is 0.290. The first-order chi connectivity index (χ1) is 8.31. The highest BCUT2D eigenvalue weighted by molar-refractivity contribution is 8.01. The van der Waals surface area contributed by atoms with Crippen LogP contribution in [0.15, 0.2) is 57.8 Å². The van der Waals surface area contributed by atoms with Crippen LogP contribution in [0.1, 0.15) is 0 Å². The van der Waals surface area contributed by atoms with E-state index in [0.29, 0.717) is 5.75 Å². The molecule has 3 rings (SSSR count). The van der Waals surface area contributed by atoms with Crippen LogP contribution in [-0.4, -0.2) is 10.1 Å². The summed E-state index contributed by atoms with van der Waals surface area (Å²) in [6.07, 6.45) is 0. The van der Waals surface area contributed by atoms with E-state index in [9.17, 15) is 5.11 Å². The molecule has 3 aromatic rings. The Labute approximate surface area is 107 Å². The third-order valence-electron chi connectivity index (χ3n) is 2.32. The molecule has 84 valence electrons. The van der Waals surface area contributed by atoms with Gasteiger partial charge >= 0.3 is 0 Å². The number of nitrogens with zero attached hydrogens (tertiary/aromatic N) is 1. The van der Waals surface area contributed by atoms with Gasteiger partial charge < -0.3 is 5.11 Å². The molecular formula is C13H9NOS2. The van der Waals surface area contributed by atoms with Crippen molar-refractivity contribution in [3.05, 3.63) is 48.5 Å². The van der Waals surface area contributed by atoms with Gasteiger partial charge in [-0.15, -0.1) is 11.3 Å². The molecule has 0 spiro atoms. The number of para-hydroxylation sites is 1. The number of hydrogen-bond acceptors (Lipinski definition) is 4. The monoisotopic (exact) mass is 259 g/mol. The molecule has 2 aromatic carbocycles. The average molecular weight is 259 g/mol. The van der Waals surface area contributed by atoms with Crippen LogP contribution in [-0.2, 0) is 0 Å². The highest BCUT2D eigenvalue weighted by atomic mass is 32.2. The molecule has 0 aliphatic carbocycles. The highest BCUT2D eigenvalue weighted by Crippen LogP contribution is 2.34. The molecule has 0 bridgehead atoms. The van der Waals surface area contributed by atoms with Crippen molar-refractivity contribution in [3.63, 3.8) is 0 Å². The van der Waals surface area contributed by atoms with E-state index in [1.165, 1.54) is 4.70 Å². The van der Waals surface area contributed by atoms with Gasteiger partial charge in [0.15, 0.2) is 4.34 Å². The fourth-order valence-electron chi connectivity index (χ4n) is 1.51. The number of thiazole rings is 1. The van der Waals surface area contributed by atoms with Gasteiger partial charge in [0.05, 0.1) is 10.2 Å². The van der Waals surface area contributed by atoms with E-state index in [2.05, 4.69) is 11.1 Å². The van der Waals surface area contributed by atoms with Crippen molar-refractivity contribution in [2.75, 3.05) is 0 Å². The Morgan fingerprint density at radius 2 is 1.76 bits per heavy atom. The Kier molecular flexibility index (Phi) is 2.74. The van der Waals surface area contributed by atoms with Crippen LogP contribution in [0.3, 0.4) is 0 Å². The molecule has 0 atom stereocenters. The van der Waals surface area contributed by atoms with Crippen molar-refractivity contribution in [1.29, 1.82) is 0 Å². The van der Waals surface area contributed by atoms with Crippen LogP contribution in [0.5, 0.6) is 5.75 Å². The smallest absolute Gasteiger partial charge is 0.155 e. The fraction of sp³-hybridized carbons (Fsp3) is 0. The van der Waals surface area contributed by atoms with Gasteiger partial charge in [0.2, 0.25) is 0 Å². The van der Waals surface area contributed by atoms with Gasteiger partial charge in [0.1, 0.15) is 5.75 Å². The lowest BCUT2D eigenvalue weighted by Gasteiger charge is -1.96. The topological polar surface area (TPSA) is 33.1 Å². The second kappa shape index (κ2) is 4.39. The Hall–Kier alpha value is -1.52. The van der Waals surface area contributed by atoms with E-state index in [1.807, 2.05) is 30.3 Å². The molecule has 0 radical (unpaired) electrons. The summed E-state index contributed by atoms with van der Waals surface area (Å²) < 4.78 is 2.23. The normalized spacial score (nSPS) is 10.8. The van der Waals surface area contributed by atoms with Gasteiger partial charge in [0.25, 0.3) is 0 Å². The number of aromatic nitrogens is 1. The maximum atomic E-state index is 9.21. The van der Waals surface area contributed by atoms with Gasteiger partial charge in [-0.3, -0.25) is 0 Å². The van der Waals surface area contributed by atoms with Crippen molar-refractivity contribution < 1.29 is 5.11 Å². The quantitative estimate of drug-likeness (QED) is 0.750. The molecular weight excluding hydrogens is 250 g/mol. The first kappa shape index (κ1) is 10.6. The predicted molar refractivity (Wildman–Crippen MR) is 71.8 cm³/mol. The molecule has 0 saturated carbocycles. The standard InChI is InChI=1S/C13H9NOS2/c15-9-5-7-10(8-6-9)16-13-14-11-3-1-2-4-12(11)17-13/h1-8,15H. The third kappa shape index (κ3) is 2.28. The van der Waals surface area contributed by atoms with Crippen LogP contribution < -0.4 is 0 Å². The van der Waals surface area contributed by atoms with Gasteiger partial charge in [-0.25, -0.2) is 4.98 Å². The molecule has 0 aliphatic rings. The molecule has 0 aliphatic heterocycles. The van der Waals surface area contributed by atoms with Crippen molar-refractivity contribution in [2.45, 2.75) is 9.24 Å². The maximum Gasteiger partial charge on any atom is 0.155 e. The molecule has 0 saturated heterocycles. The maximum absolute atomic E-state index is 9.21. The molecule has 0 fully saturated rings. The minimum Gasteiger partial charge on any atom is -0.508 e. The molecule has 0 amide bonds. The summed E-state index contributed by atoms with van der Waals surface area (Å²) in [5.41, 5.74) is 1.04. The number of phenols is 1. The molecule has 0 unspecified atom stereocenters. The van der Waals surface area contributed by atoms with E-state index in [1.54, 1.807) is 35.2 Å². The van der Waals surface area contributed by atoms with Crippen molar-refractivity contribution in [1.82, 2.24) is 4.98 Å². The van der Waals surface area contributed by atoms with E-state index in [0.717, 1.165) is 14.8 Å². The summed E-state index contributed by atoms with van der Waals surface area (Å²) in [7, 11) is 0. The first-order valence-electron chi connectivity index (χ1n) is 5.14. The summed E-state index contributed by atoms with van der Waals surface area (Å²) in [6, 6.07) is 15.3. The number of fused-ring (bicyclic) bond motifs is 1. The minimum absolute atomic E-state index is 0.290. The van der Waals surface area contributed by atoms with Gasteiger partial charge in [-0.2, -0.15) is 0 Å². The first-order valence-corrected chi connectivity index (χ1v) is 6.77. The van der Waals surface area contributed by atoms with Crippen LogP contribution >= 0.6 is 23.1 Å². The van der Waals surface area contributed by atoms with Crippen molar-refractivity contribution in [3.8, 4) is 5.75 Å². The van der Waals surface area contributed by atoms with Gasteiger partial charge in [-0.1, -0.05) is 23.9 Å². The third-order valence-corrected chi connectivity index (χ3v) is 4.42. The van der Waals surface area contributed by atoms with Crippen LogP contribution in [0.2, 0.25) is 0 Å². The lowest BCUT2D eigenvalue weighted by molar-refractivity contribution is 0.475. The molecule has 17 heavy (non-hydrogen) atoms. The number of hydrogen-bond donors (Lipinski definition) is 1. The Morgan fingerprint density at radius 1 is 1.00 bits per heavy atom. The highest BCUT2D eigenvalue weighted by Gasteiger charge is 2.04. The Bertz CT molecular complexity index is 613. The number of phenolic OH excluding ortho intramolecular Hbond substituents is 1. The zero-order valence-corrected chi connectivity index (χ0v) is 10.5. The van der Waals surface area contributed by atoms with E-state index < -0.39 is 0 Å². The van der Waals surface area contributed by atoms with E-state index >= 15 is 0 Å². The molecule has 2 nitrogen and oxygen atoms in total. The summed E-state index contributed by atoms with van der Waals surface area (Å²) in [5, 5.41) is 9.21. The van der Waals surface area contributed by atoms with Crippen LogP contribution in [0.25, 0.3) is 10.2 Å². The zero-order chi connectivity index (χ0) is 11.7. The Balaban J connectivity index is 1.92. The summed E-state index contributed by atoms with van der Waals surface area (Å²) >= 11 is 3.30. The SMILES string of the molecule is Oc1ccc(Sc2nc3ccccc3s2)cc1. The van der Waals surface area contributed by atoms with E-state index in [4.69, 9.17) is 0 Å². The van der Waals surface area contributed by atoms with Crippen LogP contribution in [0.4, 0.5) is 0 Å². The summed E-state index contributed by atoms with van der Waals surface area (Å²) in [6.45, 7) is 0. The van der Waals surface area contributed by atoms with Gasteiger partial charge in [-0.05, 0) is 36.4 Å². The lowest BCUT2D eigenvalue weighted by atomic mass is 10.3. The van der Waals surface area contributed by atoms with Crippen molar-refractivity contribution >= 4 is 33.3 Å². The molecule has 1 aromatic heterocycles. The second-order valence-corrected chi connectivity index (χ2v) is 5.89. The predicted octanol–water partition coefficient (Wildman–Crippen LogP) is 4.15. The average Bonchev–Trinajstić information content (AvgIpc) is 2.74. The van der Waals surface area contributed by atoms with Crippen molar-refractivity contribution in [2.24, 2.45) is 0 Å². The largest absolute Gasteiger partial charge is 0.508 e. The lowest BCUT2D eigenvalue weighted by Crippen LogP contribution is -1.71. The minimum atomic E-state index is 0.290. The number of aromatic hydroxyl groups is 1. The van der Waals surface area contributed by atoms with E-state index in [-0.39, 0.29) is 0 Å². The zero-order valence-electron chi connectivity index (χ0n) is 8.83. The molecule has 1 N–H and O–H groups in total. The summed E-state index contributed by atoms with van der Waals surface area (Å²) in [4.78, 5) is 5.63. The van der Waals surface area contributed by atoms with Gasteiger partial charge in [0, 0.05) is 4.90 Å². The molecule has 4 heteroatoms. The molecule has 1 heterocycles. The fourth-order valence-corrected chi connectivity index (χ4v) is 3.55. The Morgan fingerprint density at radius 3 is 2.53 bits per heavy atom.